The van der Waals surface area contributed by atoms with Crippen molar-refractivity contribution in [2.45, 2.75) is 58.2 Å². The molecule has 3 aromatic rings. The van der Waals surface area contributed by atoms with E-state index in [1.54, 1.807) is 24.3 Å². The highest BCUT2D eigenvalue weighted by molar-refractivity contribution is 6.30. The van der Waals surface area contributed by atoms with Gasteiger partial charge >= 0.3 is 24.1 Å². The van der Waals surface area contributed by atoms with Crippen LogP contribution in [0.4, 0.5) is 30.8 Å². The molecule has 4 rings (SSSR count). The second kappa shape index (κ2) is 12.9. The van der Waals surface area contributed by atoms with Gasteiger partial charge in [0.25, 0.3) is 0 Å². The smallest absolute Gasteiger partial charge is 0.478 e. The summed E-state index contributed by atoms with van der Waals surface area (Å²) in [6.07, 6.45) is -4.25. The lowest BCUT2D eigenvalue weighted by molar-refractivity contribution is -0.430. The molecule has 1 aliphatic carbocycles. The minimum absolute atomic E-state index is 0.00624. The number of aliphatic hydroxyl groups is 2. The van der Waals surface area contributed by atoms with Gasteiger partial charge in [-0.25, -0.2) is 4.79 Å². The number of halogens is 4. The number of hydrogen-bond donors (Lipinski definition) is 5. The first-order valence-corrected chi connectivity index (χ1v) is 12.4. The van der Waals surface area contributed by atoms with Gasteiger partial charge in [-0.2, -0.15) is 28.1 Å². The van der Waals surface area contributed by atoms with Gasteiger partial charge in [-0.3, -0.25) is 0 Å². The molecule has 1 heterocycles. The van der Waals surface area contributed by atoms with Crippen LogP contribution in [0.25, 0.3) is 0 Å². The van der Waals surface area contributed by atoms with Crippen LogP contribution in [0.15, 0.2) is 48.5 Å². The Morgan fingerprint density at radius 1 is 0.923 bits per heavy atom. The summed E-state index contributed by atoms with van der Waals surface area (Å²) in [5.41, 5.74) is 0.514. The maximum Gasteiger partial charge on any atom is 0.486 e. The molecule has 0 aliphatic heterocycles. The van der Waals surface area contributed by atoms with Gasteiger partial charge in [-0.15, -0.1) is 0 Å². The van der Waals surface area contributed by atoms with Crippen molar-refractivity contribution in [3.8, 4) is 6.01 Å². The Kier molecular flexibility index (Phi) is 10.4. The number of hydrogen-bond acceptors (Lipinski definition) is 9. The fourth-order valence-corrected chi connectivity index (χ4v) is 3.24. The number of rotatable bonds is 8. The Bertz CT molecular complexity index is 1240. The number of aromatic carboxylic acids is 1. The van der Waals surface area contributed by atoms with Crippen LogP contribution in [0, 0.1) is 0 Å². The molecule has 14 heteroatoms. The zero-order valence-electron chi connectivity index (χ0n) is 21.5. The Hall–Kier alpha value is -3.68. The van der Waals surface area contributed by atoms with Gasteiger partial charge in [0.1, 0.15) is 0 Å². The molecule has 0 unspecified atom stereocenters. The molecule has 1 saturated carbocycles. The van der Waals surface area contributed by atoms with Crippen molar-refractivity contribution in [1.29, 1.82) is 0 Å². The van der Waals surface area contributed by atoms with Gasteiger partial charge in [-0.1, -0.05) is 51.4 Å². The second-order valence-corrected chi connectivity index (χ2v) is 8.13. The number of nitrogens with one attached hydrogen (secondary N) is 2. The van der Waals surface area contributed by atoms with Crippen LogP contribution in [0.1, 0.15) is 56.5 Å². The normalized spacial score (nSPS) is 13.6. The Morgan fingerprint density at radius 2 is 1.46 bits per heavy atom. The molecule has 0 radical (unpaired) electrons. The Labute approximate surface area is 227 Å². The van der Waals surface area contributed by atoms with E-state index in [9.17, 15) is 28.2 Å². The van der Waals surface area contributed by atoms with Gasteiger partial charge in [0.15, 0.2) is 0 Å². The van der Waals surface area contributed by atoms with Gasteiger partial charge in [0.05, 0.1) is 11.1 Å². The van der Waals surface area contributed by atoms with E-state index in [0.717, 1.165) is 5.56 Å². The molecule has 212 valence electrons. The summed E-state index contributed by atoms with van der Waals surface area (Å²) in [5, 5.41) is 33.9. The van der Waals surface area contributed by atoms with E-state index in [2.05, 4.69) is 30.3 Å². The number of aromatic nitrogens is 3. The Morgan fingerprint density at radius 3 is 1.95 bits per heavy atom. The lowest BCUT2D eigenvalue weighted by atomic mass is 10.1. The highest BCUT2D eigenvalue weighted by Crippen LogP contribution is 2.48. The van der Waals surface area contributed by atoms with Crippen LogP contribution in [-0.2, 0) is 5.54 Å². The molecule has 0 atom stereocenters. The van der Waals surface area contributed by atoms with Crippen LogP contribution in [-0.4, -0.2) is 48.4 Å². The number of ether oxygens (including phenoxy) is 1. The predicted octanol–water partition coefficient (Wildman–Crippen LogP) is 5.70. The molecular formula is C25H29ClF3N5O5. The van der Waals surface area contributed by atoms with Crippen molar-refractivity contribution in [3.05, 3.63) is 64.7 Å². The third-order valence-electron chi connectivity index (χ3n) is 5.10. The number of alkyl halides is 3. The van der Waals surface area contributed by atoms with E-state index in [1.165, 1.54) is 24.3 Å². The highest BCUT2D eigenvalue weighted by atomic mass is 35.5. The van der Waals surface area contributed by atoms with Gasteiger partial charge in [-0.05, 0) is 54.8 Å². The van der Waals surface area contributed by atoms with Crippen molar-refractivity contribution in [3.63, 3.8) is 0 Å². The second-order valence-electron chi connectivity index (χ2n) is 7.69. The molecule has 0 bridgehead atoms. The summed E-state index contributed by atoms with van der Waals surface area (Å²) in [6, 6.07) is 11.2. The van der Waals surface area contributed by atoms with Crippen LogP contribution in [0.3, 0.4) is 0 Å². The van der Waals surface area contributed by atoms with Crippen molar-refractivity contribution < 1.29 is 38.0 Å². The van der Waals surface area contributed by atoms with E-state index in [4.69, 9.17) is 16.7 Å². The fourth-order valence-electron chi connectivity index (χ4n) is 3.12. The number of benzene rings is 2. The maximum atomic E-state index is 12.9. The first-order valence-electron chi connectivity index (χ1n) is 12.0. The van der Waals surface area contributed by atoms with Crippen LogP contribution in [0.2, 0.25) is 5.02 Å². The zero-order chi connectivity index (χ0) is 29.4. The van der Waals surface area contributed by atoms with E-state index >= 15 is 0 Å². The third kappa shape index (κ3) is 8.15. The van der Waals surface area contributed by atoms with Crippen molar-refractivity contribution in [2.24, 2.45) is 0 Å². The molecule has 1 aliphatic rings. The number of carboxylic acids is 1. The summed E-state index contributed by atoms with van der Waals surface area (Å²) in [4.78, 5) is 22.6. The van der Waals surface area contributed by atoms with Gasteiger partial charge in [0, 0.05) is 10.7 Å². The molecule has 0 amide bonds. The molecule has 1 aromatic heterocycles. The summed E-state index contributed by atoms with van der Waals surface area (Å²) in [7, 11) is 0. The summed E-state index contributed by atoms with van der Waals surface area (Å²) >= 11 is 5.94. The molecular weight excluding hydrogens is 543 g/mol. The molecule has 10 nitrogen and oxygen atoms in total. The Balaban J connectivity index is 0.00000127. The minimum atomic E-state index is -5.56. The summed E-state index contributed by atoms with van der Waals surface area (Å²) < 4.78 is 43.0. The summed E-state index contributed by atoms with van der Waals surface area (Å²) in [5.74, 6) is -6.21. The summed E-state index contributed by atoms with van der Waals surface area (Å²) in [6.45, 7) is 8.00. The maximum absolute atomic E-state index is 12.9. The highest BCUT2D eigenvalue weighted by Gasteiger charge is 2.57. The minimum Gasteiger partial charge on any atom is -0.478 e. The zero-order valence-corrected chi connectivity index (χ0v) is 22.3. The van der Waals surface area contributed by atoms with Gasteiger partial charge in [0.2, 0.25) is 11.9 Å². The topological polar surface area (TPSA) is 150 Å². The number of carboxylic acid groups (broad SMARTS) is 1. The number of carbonyl (C=O) groups is 1. The standard InChI is InChI=1S/C21H17ClF3N5O5.2C2H6/c22-13-5-3-12(4-6-13)19(9-10-19)30-17-27-16(26-14-7-1-11(2-8-14)15(31)32)28-18(29-17)35-21(33,34)20(23,24)25;2*1-2/h1-8,33-34H,9-10H2,(H,31,32)(H2,26,27,28,29,30);2*1-2H3. The van der Waals surface area contributed by atoms with Crippen molar-refractivity contribution >= 4 is 35.2 Å². The molecule has 0 spiro atoms. The largest absolute Gasteiger partial charge is 0.486 e. The number of nitrogens with zero attached hydrogens (tertiary/aromatic N) is 3. The predicted molar refractivity (Wildman–Crippen MR) is 139 cm³/mol. The lowest BCUT2D eigenvalue weighted by Crippen LogP contribution is -2.50. The van der Waals surface area contributed by atoms with Crippen LogP contribution >= 0.6 is 11.6 Å². The van der Waals surface area contributed by atoms with E-state index < -0.39 is 29.7 Å². The van der Waals surface area contributed by atoms with Crippen LogP contribution in [0.5, 0.6) is 6.01 Å². The molecule has 0 saturated heterocycles. The fraction of sp³-hybridized carbons (Fsp3) is 0.360. The molecule has 2 aromatic carbocycles. The first-order chi connectivity index (χ1) is 18.4. The van der Waals surface area contributed by atoms with Crippen molar-refractivity contribution in [1.82, 2.24) is 15.0 Å². The van der Waals surface area contributed by atoms with Crippen molar-refractivity contribution in [2.75, 3.05) is 10.6 Å². The molecule has 39 heavy (non-hydrogen) atoms. The van der Waals surface area contributed by atoms with E-state index in [0.29, 0.717) is 23.6 Å². The number of anilines is 3. The lowest BCUT2D eigenvalue weighted by Gasteiger charge is -2.24. The monoisotopic (exact) mass is 571 g/mol. The quantitative estimate of drug-likeness (QED) is 0.213. The molecule has 1 fully saturated rings. The third-order valence-corrected chi connectivity index (χ3v) is 5.36. The van der Waals surface area contributed by atoms with Gasteiger partial charge < -0.3 is 30.7 Å². The van der Waals surface area contributed by atoms with Crippen LogP contribution < -0.4 is 15.4 Å². The SMILES string of the molecule is CC.CC.O=C(O)c1ccc(Nc2nc(NC3(c4ccc(Cl)cc4)CC3)nc(OC(O)(O)C(F)(F)F)n2)cc1. The van der Waals surface area contributed by atoms with E-state index in [-0.39, 0.29) is 17.5 Å². The van der Waals surface area contributed by atoms with E-state index in [1.807, 2.05) is 27.7 Å². The first kappa shape index (κ1) is 31.5. The molecule has 5 N–H and O–H groups in total. The average molecular weight is 572 g/mol. The average Bonchev–Trinajstić information content (AvgIpc) is 3.66.